The van der Waals surface area contributed by atoms with E-state index in [-0.39, 0.29) is 11.7 Å². The van der Waals surface area contributed by atoms with Crippen molar-refractivity contribution in [2.75, 3.05) is 10.6 Å². The number of carbonyl (C=O) groups excluding carboxylic acids is 2. The van der Waals surface area contributed by atoms with Crippen molar-refractivity contribution >= 4 is 23.2 Å². The summed E-state index contributed by atoms with van der Waals surface area (Å²) in [6.07, 6.45) is 0.936. The van der Waals surface area contributed by atoms with Crippen LogP contribution in [0.25, 0.3) is 0 Å². The lowest BCUT2D eigenvalue weighted by molar-refractivity contribution is -0.133. The van der Waals surface area contributed by atoms with Gasteiger partial charge in [0.25, 0.3) is 0 Å². The first-order valence-electron chi connectivity index (χ1n) is 7.93. The Morgan fingerprint density at radius 1 is 1.04 bits per heavy atom. The van der Waals surface area contributed by atoms with Gasteiger partial charge >= 0.3 is 11.8 Å². The highest BCUT2D eigenvalue weighted by Crippen LogP contribution is 2.26. The molecule has 0 bridgehead atoms. The summed E-state index contributed by atoms with van der Waals surface area (Å²) >= 11 is 0. The summed E-state index contributed by atoms with van der Waals surface area (Å²) in [5, 5.41) is 14.6. The van der Waals surface area contributed by atoms with E-state index in [2.05, 4.69) is 24.5 Å². The molecule has 0 aromatic heterocycles. The van der Waals surface area contributed by atoms with Crippen molar-refractivity contribution in [3.05, 3.63) is 53.6 Å². The minimum absolute atomic E-state index is 0.109. The van der Waals surface area contributed by atoms with Crippen LogP contribution in [0.15, 0.2) is 42.5 Å². The van der Waals surface area contributed by atoms with Crippen LogP contribution in [0.4, 0.5) is 11.4 Å². The molecule has 126 valence electrons. The first kappa shape index (κ1) is 17.5. The average Bonchev–Trinajstić information content (AvgIpc) is 2.57. The molecule has 0 heterocycles. The van der Waals surface area contributed by atoms with E-state index in [9.17, 15) is 14.7 Å². The maximum Gasteiger partial charge on any atom is 0.314 e. The van der Waals surface area contributed by atoms with E-state index in [1.807, 2.05) is 18.2 Å². The number of hydrogen-bond donors (Lipinski definition) is 3. The minimum atomic E-state index is -0.747. The molecule has 1 atom stereocenters. The van der Waals surface area contributed by atoms with Crippen molar-refractivity contribution in [1.29, 1.82) is 0 Å². The van der Waals surface area contributed by atoms with Crippen molar-refractivity contribution in [2.24, 2.45) is 0 Å². The fraction of sp³-hybridized carbons (Fsp3) is 0.263. The zero-order valence-corrected chi connectivity index (χ0v) is 14.1. The summed E-state index contributed by atoms with van der Waals surface area (Å²) in [6, 6.07) is 12.0. The van der Waals surface area contributed by atoms with Gasteiger partial charge in [-0.15, -0.1) is 0 Å². The van der Waals surface area contributed by atoms with Crippen LogP contribution in [-0.2, 0) is 9.59 Å². The van der Waals surface area contributed by atoms with Crippen molar-refractivity contribution in [1.82, 2.24) is 0 Å². The smallest absolute Gasteiger partial charge is 0.314 e. The first-order valence-corrected chi connectivity index (χ1v) is 7.93. The monoisotopic (exact) mass is 326 g/mol. The minimum Gasteiger partial charge on any atom is -0.508 e. The molecule has 24 heavy (non-hydrogen) atoms. The topological polar surface area (TPSA) is 78.4 Å². The normalized spacial score (nSPS) is 11.6. The molecule has 0 aliphatic rings. The van der Waals surface area contributed by atoms with Crippen LogP contribution < -0.4 is 10.6 Å². The fourth-order valence-corrected chi connectivity index (χ4v) is 2.41. The van der Waals surface area contributed by atoms with Gasteiger partial charge in [0.15, 0.2) is 0 Å². The van der Waals surface area contributed by atoms with Gasteiger partial charge in [0.05, 0.1) is 0 Å². The number of hydrogen-bond acceptors (Lipinski definition) is 3. The molecule has 5 nitrogen and oxygen atoms in total. The lowest BCUT2D eigenvalue weighted by Gasteiger charge is -2.15. The van der Waals surface area contributed by atoms with Crippen LogP contribution in [0.5, 0.6) is 5.75 Å². The van der Waals surface area contributed by atoms with Crippen molar-refractivity contribution in [3.63, 3.8) is 0 Å². The van der Waals surface area contributed by atoms with Gasteiger partial charge in [0.1, 0.15) is 5.75 Å². The van der Waals surface area contributed by atoms with Gasteiger partial charge in [-0.2, -0.15) is 0 Å². The number of aryl methyl sites for hydroxylation is 1. The number of phenolic OH excluding ortho intramolecular Hbond substituents is 1. The summed E-state index contributed by atoms with van der Waals surface area (Å²) in [5.74, 6) is -1.08. The Kier molecular flexibility index (Phi) is 5.58. The SMILES string of the molecule is CCC(C)c1ccccc1NC(=O)C(=O)Nc1ccc(O)cc1C. The molecule has 0 saturated heterocycles. The molecular formula is C19H22N2O3. The van der Waals surface area contributed by atoms with Crippen molar-refractivity contribution in [2.45, 2.75) is 33.1 Å². The maximum absolute atomic E-state index is 12.2. The van der Waals surface area contributed by atoms with Crippen LogP contribution in [-0.4, -0.2) is 16.9 Å². The third-order valence-corrected chi connectivity index (χ3v) is 4.02. The molecule has 2 aromatic carbocycles. The Hall–Kier alpha value is -2.82. The van der Waals surface area contributed by atoms with Gasteiger partial charge in [-0.1, -0.05) is 32.0 Å². The molecule has 0 aliphatic carbocycles. The molecule has 2 rings (SSSR count). The molecule has 0 spiro atoms. The number of amides is 2. The Morgan fingerprint density at radius 3 is 2.29 bits per heavy atom. The molecule has 5 heteroatoms. The highest BCUT2D eigenvalue weighted by Gasteiger charge is 2.17. The predicted molar refractivity (Wildman–Crippen MR) is 95.3 cm³/mol. The number of anilines is 2. The molecule has 2 amide bonds. The van der Waals surface area contributed by atoms with E-state index < -0.39 is 11.8 Å². The molecule has 0 radical (unpaired) electrons. The average molecular weight is 326 g/mol. The number of rotatable bonds is 4. The second-order valence-corrected chi connectivity index (χ2v) is 5.80. The van der Waals surface area contributed by atoms with Crippen molar-refractivity contribution < 1.29 is 14.7 Å². The number of carbonyl (C=O) groups is 2. The highest BCUT2D eigenvalue weighted by atomic mass is 16.3. The molecular weight excluding hydrogens is 304 g/mol. The summed E-state index contributed by atoms with van der Waals surface area (Å²) in [7, 11) is 0. The summed E-state index contributed by atoms with van der Waals surface area (Å²) in [4.78, 5) is 24.3. The Bertz CT molecular complexity index is 756. The Morgan fingerprint density at radius 2 is 1.67 bits per heavy atom. The quantitative estimate of drug-likeness (QED) is 0.591. The number of aromatic hydroxyl groups is 1. The zero-order chi connectivity index (χ0) is 17.7. The molecule has 0 saturated carbocycles. The maximum atomic E-state index is 12.2. The van der Waals surface area contributed by atoms with Gasteiger partial charge in [-0.3, -0.25) is 9.59 Å². The number of nitrogens with one attached hydrogen (secondary N) is 2. The number of phenols is 1. The van der Waals surface area contributed by atoms with Crippen LogP contribution >= 0.6 is 0 Å². The Labute approximate surface area is 141 Å². The standard InChI is InChI=1S/C19H22N2O3/c1-4-12(2)15-7-5-6-8-17(15)21-19(24)18(23)20-16-10-9-14(22)11-13(16)3/h5-12,22H,4H2,1-3H3,(H,20,23)(H,21,24). The van der Waals surface area contributed by atoms with Gasteiger partial charge in [0.2, 0.25) is 0 Å². The van der Waals surface area contributed by atoms with E-state index in [4.69, 9.17) is 0 Å². The molecule has 0 fully saturated rings. The second kappa shape index (κ2) is 7.64. The van der Waals surface area contributed by atoms with Crippen LogP contribution in [0.1, 0.15) is 37.3 Å². The first-order chi connectivity index (χ1) is 11.4. The lowest BCUT2D eigenvalue weighted by Crippen LogP contribution is -2.29. The fourth-order valence-electron chi connectivity index (χ4n) is 2.41. The Balaban J connectivity index is 2.11. The molecule has 2 aromatic rings. The van der Waals surface area contributed by atoms with Crippen LogP contribution in [0, 0.1) is 6.92 Å². The van der Waals surface area contributed by atoms with E-state index in [0.29, 0.717) is 16.9 Å². The van der Waals surface area contributed by atoms with Gasteiger partial charge in [-0.25, -0.2) is 0 Å². The van der Waals surface area contributed by atoms with Gasteiger partial charge in [-0.05, 0) is 54.7 Å². The van der Waals surface area contributed by atoms with E-state index in [1.54, 1.807) is 19.1 Å². The second-order valence-electron chi connectivity index (χ2n) is 5.80. The van der Waals surface area contributed by atoms with Crippen LogP contribution in [0.2, 0.25) is 0 Å². The largest absolute Gasteiger partial charge is 0.508 e. The van der Waals surface area contributed by atoms with Crippen molar-refractivity contribution in [3.8, 4) is 5.75 Å². The number of para-hydroxylation sites is 1. The number of benzene rings is 2. The van der Waals surface area contributed by atoms with E-state index in [1.165, 1.54) is 12.1 Å². The predicted octanol–water partition coefficient (Wildman–Crippen LogP) is 3.79. The van der Waals surface area contributed by atoms with E-state index in [0.717, 1.165) is 12.0 Å². The lowest BCUT2D eigenvalue weighted by atomic mass is 9.97. The third kappa shape index (κ3) is 4.13. The van der Waals surface area contributed by atoms with Crippen LogP contribution in [0.3, 0.4) is 0 Å². The molecule has 1 unspecified atom stereocenters. The van der Waals surface area contributed by atoms with E-state index >= 15 is 0 Å². The third-order valence-electron chi connectivity index (χ3n) is 4.02. The molecule has 3 N–H and O–H groups in total. The zero-order valence-electron chi connectivity index (χ0n) is 14.1. The summed E-state index contributed by atoms with van der Waals surface area (Å²) in [5.41, 5.74) is 2.82. The van der Waals surface area contributed by atoms with Gasteiger partial charge in [0, 0.05) is 11.4 Å². The molecule has 0 aliphatic heterocycles. The highest BCUT2D eigenvalue weighted by molar-refractivity contribution is 6.43. The van der Waals surface area contributed by atoms with Gasteiger partial charge < -0.3 is 15.7 Å². The summed E-state index contributed by atoms with van der Waals surface area (Å²) in [6.45, 7) is 5.89. The summed E-state index contributed by atoms with van der Waals surface area (Å²) < 4.78 is 0.